The van der Waals surface area contributed by atoms with Crippen molar-refractivity contribution >= 4 is 17.9 Å². The molecule has 0 saturated carbocycles. The quantitative estimate of drug-likeness (QED) is 0.0261. The van der Waals surface area contributed by atoms with E-state index in [1.807, 2.05) is 0 Å². The summed E-state index contributed by atoms with van der Waals surface area (Å²) >= 11 is 0. The molecule has 0 heterocycles. The van der Waals surface area contributed by atoms with Crippen LogP contribution in [0.3, 0.4) is 0 Å². The van der Waals surface area contributed by atoms with Crippen LogP contribution in [0, 0.1) is 0 Å². The lowest BCUT2D eigenvalue weighted by molar-refractivity contribution is -0.167. The number of esters is 3. The highest BCUT2D eigenvalue weighted by Gasteiger charge is 2.19. The fourth-order valence-corrected chi connectivity index (χ4v) is 9.97. The van der Waals surface area contributed by atoms with E-state index in [4.69, 9.17) is 14.2 Å². The molecule has 6 heteroatoms. The molecule has 6 nitrogen and oxygen atoms in total. The fraction of sp³-hybridized carbons (Fsp3) is 0.770. The van der Waals surface area contributed by atoms with Gasteiger partial charge in [-0.3, -0.25) is 14.4 Å². The highest BCUT2D eigenvalue weighted by Crippen LogP contribution is 2.18. The zero-order valence-electron chi connectivity index (χ0n) is 53.1. The van der Waals surface area contributed by atoms with Crippen LogP contribution in [0.25, 0.3) is 0 Å². The van der Waals surface area contributed by atoms with Crippen molar-refractivity contribution in [2.45, 2.75) is 354 Å². The number of hydrogen-bond donors (Lipinski definition) is 0. The Balaban J connectivity index is 4.34. The molecule has 0 aliphatic rings. The lowest BCUT2D eigenvalue weighted by Crippen LogP contribution is -2.30. The molecular weight excluding hydrogens is 985 g/mol. The fourth-order valence-electron chi connectivity index (χ4n) is 9.97. The third-order valence-corrected chi connectivity index (χ3v) is 15.1. The van der Waals surface area contributed by atoms with Crippen molar-refractivity contribution < 1.29 is 28.6 Å². The van der Waals surface area contributed by atoms with Gasteiger partial charge in [0.25, 0.3) is 0 Å². The molecule has 0 N–H and O–H groups in total. The van der Waals surface area contributed by atoms with Crippen molar-refractivity contribution in [3.63, 3.8) is 0 Å². The molecule has 462 valence electrons. The summed E-state index contributed by atoms with van der Waals surface area (Å²) in [5.41, 5.74) is 0. The van der Waals surface area contributed by atoms with E-state index in [1.54, 1.807) is 0 Å². The van der Waals surface area contributed by atoms with Crippen molar-refractivity contribution in [3.8, 4) is 0 Å². The molecule has 0 bridgehead atoms. The predicted octanol–water partition coefficient (Wildman–Crippen LogP) is 23.8. The Morgan fingerprint density at radius 2 is 0.487 bits per heavy atom. The Morgan fingerprint density at radius 3 is 0.775 bits per heavy atom. The lowest BCUT2D eigenvalue weighted by atomic mass is 10.0. The number of allylic oxidation sites excluding steroid dienone is 14. The monoisotopic (exact) mass is 1110 g/mol. The predicted molar refractivity (Wildman–Crippen MR) is 348 cm³/mol. The van der Waals surface area contributed by atoms with Crippen LogP contribution >= 0.6 is 0 Å². The van der Waals surface area contributed by atoms with Crippen molar-refractivity contribution in [2.24, 2.45) is 0 Å². The van der Waals surface area contributed by atoms with Crippen LogP contribution in [0.15, 0.2) is 85.1 Å². The molecule has 0 aliphatic heterocycles. The zero-order chi connectivity index (χ0) is 57.8. The second-order valence-corrected chi connectivity index (χ2v) is 23.1. The van der Waals surface area contributed by atoms with Crippen molar-refractivity contribution in [2.75, 3.05) is 13.2 Å². The number of carbonyl (C=O) groups excluding carboxylic acids is 3. The maximum Gasteiger partial charge on any atom is 0.306 e. The molecule has 0 saturated heterocycles. The molecular formula is C74H130O6. The maximum absolute atomic E-state index is 13.0. The van der Waals surface area contributed by atoms with Crippen LogP contribution < -0.4 is 0 Å². The van der Waals surface area contributed by atoms with Crippen LogP contribution in [0.1, 0.15) is 348 Å². The minimum absolute atomic E-state index is 0.0826. The minimum atomic E-state index is -0.787. The van der Waals surface area contributed by atoms with Gasteiger partial charge in [0.1, 0.15) is 13.2 Å². The number of unbranched alkanes of at least 4 members (excludes halogenated alkanes) is 38. The first kappa shape index (κ1) is 76.6. The number of hydrogen-bond acceptors (Lipinski definition) is 6. The molecule has 0 amide bonds. The van der Waals surface area contributed by atoms with Gasteiger partial charge in [0, 0.05) is 19.3 Å². The smallest absolute Gasteiger partial charge is 0.306 e. The topological polar surface area (TPSA) is 78.9 Å². The normalized spacial score (nSPS) is 12.6. The number of carbonyl (C=O) groups is 3. The van der Waals surface area contributed by atoms with Crippen LogP contribution in [-0.4, -0.2) is 37.2 Å². The van der Waals surface area contributed by atoms with E-state index in [2.05, 4.69) is 106 Å². The zero-order valence-corrected chi connectivity index (χ0v) is 53.1. The summed E-state index contributed by atoms with van der Waals surface area (Å²) in [5.74, 6) is -0.887. The summed E-state index contributed by atoms with van der Waals surface area (Å²) < 4.78 is 17.0. The first-order chi connectivity index (χ1) is 39.5. The average Bonchev–Trinajstić information content (AvgIpc) is 3.46. The van der Waals surface area contributed by atoms with E-state index in [1.165, 1.54) is 193 Å². The first-order valence-electron chi connectivity index (χ1n) is 34.6. The summed E-state index contributed by atoms with van der Waals surface area (Å²) in [4.78, 5) is 38.4. The van der Waals surface area contributed by atoms with E-state index in [0.717, 1.165) is 116 Å². The molecule has 80 heavy (non-hydrogen) atoms. The van der Waals surface area contributed by atoms with E-state index in [-0.39, 0.29) is 31.1 Å². The van der Waals surface area contributed by atoms with E-state index >= 15 is 0 Å². The second kappa shape index (κ2) is 68.1. The molecule has 0 aliphatic carbocycles. The molecule has 0 radical (unpaired) electrons. The Bertz CT molecular complexity index is 1520. The van der Waals surface area contributed by atoms with E-state index < -0.39 is 6.10 Å². The first-order valence-corrected chi connectivity index (χ1v) is 34.6. The molecule has 0 aromatic heterocycles. The summed E-state index contributed by atoms with van der Waals surface area (Å²) in [6.07, 6.45) is 90.3. The summed E-state index contributed by atoms with van der Waals surface area (Å²) in [6.45, 7) is 6.55. The van der Waals surface area contributed by atoms with Crippen LogP contribution in [0.2, 0.25) is 0 Å². The van der Waals surface area contributed by atoms with Crippen molar-refractivity contribution in [3.05, 3.63) is 85.1 Å². The Labute approximate surface area is 496 Å². The molecule has 1 atom stereocenters. The van der Waals surface area contributed by atoms with E-state index in [9.17, 15) is 14.4 Å². The summed E-state index contributed by atoms with van der Waals surface area (Å²) in [7, 11) is 0. The van der Waals surface area contributed by atoms with E-state index in [0.29, 0.717) is 19.3 Å². The van der Waals surface area contributed by atoms with Crippen molar-refractivity contribution in [1.29, 1.82) is 0 Å². The summed E-state index contributed by atoms with van der Waals surface area (Å²) in [5, 5.41) is 0. The Morgan fingerprint density at radius 1 is 0.263 bits per heavy atom. The average molecular weight is 1120 g/mol. The molecule has 1 unspecified atom stereocenters. The molecule has 0 aromatic carbocycles. The molecule has 0 rings (SSSR count). The van der Waals surface area contributed by atoms with Gasteiger partial charge in [0.2, 0.25) is 0 Å². The number of ether oxygens (including phenoxy) is 3. The van der Waals surface area contributed by atoms with Gasteiger partial charge in [0.05, 0.1) is 0 Å². The largest absolute Gasteiger partial charge is 0.462 e. The van der Waals surface area contributed by atoms with Gasteiger partial charge in [-0.05, 0) is 96.3 Å². The molecule has 0 spiro atoms. The van der Waals surface area contributed by atoms with Gasteiger partial charge in [-0.2, -0.15) is 0 Å². The van der Waals surface area contributed by atoms with Crippen LogP contribution in [0.5, 0.6) is 0 Å². The van der Waals surface area contributed by atoms with Gasteiger partial charge in [0.15, 0.2) is 6.10 Å². The Kier molecular flexibility index (Phi) is 65.2. The minimum Gasteiger partial charge on any atom is -0.462 e. The van der Waals surface area contributed by atoms with Gasteiger partial charge in [-0.1, -0.05) is 318 Å². The van der Waals surface area contributed by atoms with Gasteiger partial charge in [-0.15, -0.1) is 0 Å². The van der Waals surface area contributed by atoms with Gasteiger partial charge < -0.3 is 14.2 Å². The van der Waals surface area contributed by atoms with Gasteiger partial charge >= 0.3 is 17.9 Å². The second-order valence-electron chi connectivity index (χ2n) is 23.1. The SMILES string of the molecule is CC/C=C\C/C=C\C/C=C\C/C=C\C/C=C\C/C=C\CCCCCCCCC(=O)OCC(COC(=O)CCCCCCC/C=C\CCCCCCC)OC(=O)CCCCCCCCCCCCCCCCCCCCCCCCC. The van der Waals surface area contributed by atoms with Gasteiger partial charge in [-0.25, -0.2) is 0 Å². The highest BCUT2D eigenvalue weighted by atomic mass is 16.6. The summed E-state index contributed by atoms with van der Waals surface area (Å²) in [6, 6.07) is 0. The third-order valence-electron chi connectivity index (χ3n) is 15.1. The maximum atomic E-state index is 13.0. The Hall–Kier alpha value is -3.41. The van der Waals surface area contributed by atoms with Crippen LogP contribution in [-0.2, 0) is 28.6 Å². The lowest BCUT2D eigenvalue weighted by Gasteiger charge is -2.18. The molecule has 0 aromatic rings. The standard InChI is InChI=1S/C74H130O6/c1-4-7-10-13-16-19-22-25-28-30-32-34-36-37-39-40-42-44-46-49-52-55-58-61-64-67-73(76)79-70-71(69-78-72(75)66-63-60-57-54-51-48-27-24-21-18-15-12-9-6-3)80-74(77)68-65-62-59-56-53-50-47-45-43-41-38-35-33-31-29-26-23-20-17-14-11-8-5-2/h7,10,16,19,24-25,27-28,32,34,37,39,42,44,71H,4-6,8-9,11-15,17-18,20-23,26,29-31,33,35-36,38,40-41,43,45-70H2,1-3H3/b10-7-,19-16-,27-24-,28-25-,34-32-,39-37-,44-42-. The van der Waals surface area contributed by atoms with Crippen molar-refractivity contribution in [1.82, 2.24) is 0 Å². The molecule has 0 fully saturated rings. The van der Waals surface area contributed by atoms with Crippen LogP contribution in [0.4, 0.5) is 0 Å². The number of rotatable bonds is 63. The third kappa shape index (κ3) is 65.4. The highest BCUT2D eigenvalue weighted by molar-refractivity contribution is 5.71.